The van der Waals surface area contributed by atoms with E-state index in [-0.39, 0.29) is 10.9 Å². The molecule has 2 aromatic rings. The van der Waals surface area contributed by atoms with Gasteiger partial charge in [-0.25, -0.2) is 13.1 Å². The Kier molecular flexibility index (Phi) is 4.62. The number of aryl methyl sites for hydroxylation is 1. The average Bonchev–Trinajstić information content (AvgIpc) is 2.84. The molecule has 1 aromatic carbocycles. The van der Waals surface area contributed by atoms with Gasteiger partial charge >= 0.3 is 0 Å². The van der Waals surface area contributed by atoms with E-state index in [0.29, 0.717) is 12.1 Å². The second kappa shape index (κ2) is 6.07. The van der Waals surface area contributed by atoms with Crippen LogP contribution in [0.4, 0.5) is 0 Å². The molecule has 0 aliphatic rings. The number of H-pyrrole nitrogens is 1. The number of nitrogens with one attached hydrogen (secondary N) is 2. The van der Waals surface area contributed by atoms with Crippen molar-refractivity contribution in [3.05, 3.63) is 46.2 Å². The second-order valence-corrected chi connectivity index (χ2v) is 7.09. The zero-order chi connectivity index (χ0) is 14.8. The van der Waals surface area contributed by atoms with Crippen LogP contribution in [0.2, 0.25) is 0 Å². The van der Waals surface area contributed by atoms with Crippen LogP contribution in [0, 0.1) is 6.92 Å². The topological polar surface area (TPSA) is 74.8 Å². The maximum atomic E-state index is 12.3. The maximum Gasteiger partial charge on any atom is 0.244 e. The van der Waals surface area contributed by atoms with Gasteiger partial charge in [0.05, 0.1) is 11.9 Å². The molecule has 7 heteroatoms. The first kappa shape index (κ1) is 15.2. The lowest BCUT2D eigenvalue weighted by molar-refractivity contribution is 0.549. The van der Waals surface area contributed by atoms with Crippen LogP contribution in [-0.2, 0) is 10.0 Å². The summed E-state index contributed by atoms with van der Waals surface area (Å²) in [7, 11) is -3.57. The lowest BCUT2D eigenvalue weighted by Gasteiger charge is -2.17. The van der Waals surface area contributed by atoms with E-state index in [9.17, 15) is 8.42 Å². The lowest BCUT2D eigenvalue weighted by Crippen LogP contribution is -2.28. The molecule has 0 spiro atoms. The van der Waals surface area contributed by atoms with Crippen LogP contribution in [0.25, 0.3) is 0 Å². The van der Waals surface area contributed by atoms with Crippen LogP contribution in [0.1, 0.15) is 30.6 Å². The van der Waals surface area contributed by atoms with Crippen molar-refractivity contribution in [2.24, 2.45) is 0 Å². The minimum atomic E-state index is -3.57. The van der Waals surface area contributed by atoms with Gasteiger partial charge in [-0.2, -0.15) is 5.10 Å². The molecule has 0 amide bonds. The Morgan fingerprint density at radius 1 is 1.35 bits per heavy atom. The number of nitrogens with zero attached hydrogens (tertiary/aromatic N) is 1. The van der Waals surface area contributed by atoms with Crippen LogP contribution in [0.3, 0.4) is 0 Å². The van der Waals surface area contributed by atoms with E-state index in [1.807, 2.05) is 31.2 Å². The molecule has 1 unspecified atom stereocenters. The Hall–Kier alpha value is -1.18. The van der Waals surface area contributed by atoms with E-state index >= 15 is 0 Å². The van der Waals surface area contributed by atoms with Crippen LogP contribution in [0.15, 0.2) is 39.8 Å². The standard InChI is InChI=1S/C13H16BrN3O2S/c1-3-12(10-4-6-11(14)7-5-10)17-20(18,19)13-8-15-16-9(13)2/h4-8,12,17H,3H2,1-2H3,(H,15,16). The summed E-state index contributed by atoms with van der Waals surface area (Å²) < 4.78 is 28.4. The monoisotopic (exact) mass is 357 g/mol. The predicted octanol–water partition coefficient (Wildman–Crippen LogP) is 2.91. The third-order valence-corrected chi connectivity index (χ3v) is 5.17. The van der Waals surface area contributed by atoms with Gasteiger partial charge in [0, 0.05) is 10.5 Å². The van der Waals surface area contributed by atoms with E-state index in [0.717, 1.165) is 10.0 Å². The maximum absolute atomic E-state index is 12.3. The van der Waals surface area contributed by atoms with Gasteiger partial charge in [-0.15, -0.1) is 0 Å². The van der Waals surface area contributed by atoms with Crippen LogP contribution >= 0.6 is 15.9 Å². The number of aromatic nitrogens is 2. The molecular formula is C13H16BrN3O2S. The number of halogens is 1. The molecule has 0 aliphatic carbocycles. The molecule has 0 saturated carbocycles. The fourth-order valence-electron chi connectivity index (χ4n) is 1.94. The summed E-state index contributed by atoms with van der Waals surface area (Å²) in [5.74, 6) is 0. The Labute approximate surface area is 127 Å². The van der Waals surface area contributed by atoms with Crippen molar-refractivity contribution in [3.63, 3.8) is 0 Å². The molecule has 1 aromatic heterocycles. The SMILES string of the molecule is CCC(NS(=O)(=O)c1cn[nH]c1C)c1ccc(Br)cc1. The van der Waals surface area contributed by atoms with Crippen molar-refractivity contribution in [1.29, 1.82) is 0 Å². The van der Waals surface area contributed by atoms with Gasteiger partial charge in [-0.3, -0.25) is 5.10 Å². The lowest BCUT2D eigenvalue weighted by atomic mass is 10.1. The number of hydrogen-bond donors (Lipinski definition) is 2. The van der Waals surface area contributed by atoms with Crippen molar-refractivity contribution in [2.75, 3.05) is 0 Å². The molecule has 108 valence electrons. The number of benzene rings is 1. The Balaban J connectivity index is 2.26. The summed E-state index contributed by atoms with van der Waals surface area (Å²) in [4.78, 5) is 0.188. The molecule has 1 heterocycles. The average molecular weight is 358 g/mol. The van der Waals surface area contributed by atoms with E-state index in [2.05, 4.69) is 30.8 Å². The molecule has 0 radical (unpaired) electrons. The quantitative estimate of drug-likeness (QED) is 0.863. The van der Waals surface area contributed by atoms with Crippen LogP contribution in [-0.4, -0.2) is 18.6 Å². The van der Waals surface area contributed by atoms with Crippen molar-refractivity contribution >= 4 is 26.0 Å². The Morgan fingerprint density at radius 2 is 2.00 bits per heavy atom. The molecule has 0 saturated heterocycles. The Morgan fingerprint density at radius 3 is 2.50 bits per heavy atom. The van der Waals surface area contributed by atoms with Gasteiger partial charge in [0.25, 0.3) is 0 Å². The van der Waals surface area contributed by atoms with Gasteiger partial charge in [-0.05, 0) is 31.0 Å². The molecule has 1 atom stereocenters. The smallest absolute Gasteiger partial charge is 0.244 e. The molecular weight excluding hydrogens is 342 g/mol. The number of hydrogen-bond acceptors (Lipinski definition) is 3. The second-order valence-electron chi connectivity index (χ2n) is 4.49. The Bertz CT molecular complexity index is 680. The molecule has 2 rings (SSSR count). The number of aromatic amines is 1. The zero-order valence-electron chi connectivity index (χ0n) is 11.2. The van der Waals surface area contributed by atoms with E-state index < -0.39 is 10.0 Å². The zero-order valence-corrected chi connectivity index (χ0v) is 13.6. The van der Waals surface area contributed by atoms with Crippen molar-refractivity contribution in [1.82, 2.24) is 14.9 Å². The summed E-state index contributed by atoms with van der Waals surface area (Å²) in [6.07, 6.45) is 1.99. The third kappa shape index (κ3) is 3.28. The largest absolute Gasteiger partial charge is 0.281 e. The minimum Gasteiger partial charge on any atom is -0.281 e. The van der Waals surface area contributed by atoms with Crippen LogP contribution in [0.5, 0.6) is 0 Å². The van der Waals surface area contributed by atoms with E-state index in [4.69, 9.17) is 0 Å². The first-order valence-electron chi connectivity index (χ1n) is 6.22. The molecule has 20 heavy (non-hydrogen) atoms. The summed E-state index contributed by atoms with van der Waals surface area (Å²) in [6.45, 7) is 3.62. The van der Waals surface area contributed by atoms with Gasteiger partial charge in [0.2, 0.25) is 10.0 Å². The summed E-state index contributed by atoms with van der Waals surface area (Å²) in [5, 5.41) is 6.39. The number of rotatable bonds is 5. The van der Waals surface area contributed by atoms with Gasteiger partial charge in [-0.1, -0.05) is 35.0 Å². The normalized spacial score (nSPS) is 13.3. The first-order valence-corrected chi connectivity index (χ1v) is 8.49. The predicted molar refractivity (Wildman–Crippen MR) is 80.8 cm³/mol. The highest BCUT2D eigenvalue weighted by Gasteiger charge is 2.23. The minimum absolute atomic E-state index is 0.188. The molecule has 0 fully saturated rings. The molecule has 0 bridgehead atoms. The van der Waals surface area contributed by atoms with E-state index in [1.54, 1.807) is 6.92 Å². The molecule has 2 N–H and O–H groups in total. The molecule has 5 nitrogen and oxygen atoms in total. The number of sulfonamides is 1. The molecule has 0 aliphatic heterocycles. The summed E-state index contributed by atoms with van der Waals surface area (Å²) >= 11 is 3.37. The van der Waals surface area contributed by atoms with Gasteiger partial charge in [0.15, 0.2) is 0 Å². The van der Waals surface area contributed by atoms with Crippen molar-refractivity contribution < 1.29 is 8.42 Å². The fourth-order valence-corrected chi connectivity index (χ4v) is 3.65. The van der Waals surface area contributed by atoms with Gasteiger partial charge in [0.1, 0.15) is 4.90 Å². The summed E-state index contributed by atoms with van der Waals surface area (Å²) in [6, 6.07) is 7.35. The van der Waals surface area contributed by atoms with Crippen LogP contribution < -0.4 is 4.72 Å². The van der Waals surface area contributed by atoms with E-state index in [1.165, 1.54) is 6.20 Å². The van der Waals surface area contributed by atoms with Crippen molar-refractivity contribution in [3.8, 4) is 0 Å². The van der Waals surface area contributed by atoms with Crippen molar-refractivity contribution in [2.45, 2.75) is 31.2 Å². The van der Waals surface area contributed by atoms with Gasteiger partial charge < -0.3 is 0 Å². The highest BCUT2D eigenvalue weighted by Crippen LogP contribution is 2.22. The highest BCUT2D eigenvalue weighted by molar-refractivity contribution is 9.10. The third-order valence-electron chi connectivity index (χ3n) is 3.05. The fraction of sp³-hybridized carbons (Fsp3) is 0.308. The first-order chi connectivity index (χ1) is 9.44. The summed E-state index contributed by atoms with van der Waals surface area (Å²) in [5.41, 5.74) is 1.46. The highest BCUT2D eigenvalue weighted by atomic mass is 79.9.